The van der Waals surface area contributed by atoms with E-state index in [-0.39, 0.29) is 25.0 Å². The molecule has 17 heavy (non-hydrogen) atoms. The molecule has 0 aliphatic heterocycles. The van der Waals surface area contributed by atoms with Gasteiger partial charge in [0.15, 0.2) is 0 Å². The smallest absolute Gasteiger partial charge is 0.315 e. The summed E-state index contributed by atoms with van der Waals surface area (Å²) in [7, 11) is 0. The first-order chi connectivity index (χ1) is 8.08. The number of hydrogen-bond donors (Lipinski definition) is 3. The number of carboxylic acids is 1. The number of aromatic nitrogens is 1. The first-order valence-electron chi connectivity index (χ1n) is 5.23. The first kappa shape index (κ1) is 13.0. The minimum Gasteiger partial charge on any atom is -0.481 e. The zero-order chi connectivity index (χ0) is 12.7. The molecule has 1 atom stereocenters. The van der Waals surface area contributed by atoms with Crippen molar-refractivity contribution in [3.8, 4) is 0 Å². The van der Waals surface area contributed by atoms with E-state index in [4.69, 9.17) is 5.11 Å². The monoisotopic (exact) mass is 241 g/mol. The van der Waals surface area contributed by atoms with E-state index in [1.807, 2.05) is 0 Å². The highest BCUT2D eigenvalue weighted by atomic mass is 16.5. The molecule has 7 nitrogen and oxygen atoms in total. The third-order valence-corrected chi connectivity index (χ3v) is 2.09. The van der Waals surface area contributed by atoms with Crippen LogP contribution in [-0.4, -0.2) is 28.3 Å². The molecular formula is C10H15N3O4. The van der Waals surface area contributed by atoms with Gasteiger partial charge in [0.1, 0.15) is 12.0 Å². The van der Waals surface area contributed by atoms with Crippen LogP contribution in [0.2, 0.25) is 0 Å². The number of urea groups is 1. The molecule has 1 heterocycles. The fourth-order valence-corrected chi connectivity index (χ4v) is 1.19. The lowest BCUT2D eigenvalue weighted by molar-refractivity contribution is -0.137. The molecule has 0 aliphatic rings. The molecule has 1 aromatic heterocycles. The molecule has 0 saturated heterocycles. The number of carbonyl (C=O) groups is 2. The summed E-state index contributed by atoms with van der Waals surface area (Å²) in [5, 5.41) is 17.3. The minimum atomic E-state index is -0.873. The zero-order valence-electron chi connectivity index (χ0n) is 9.47. The molecule has 3 N–H and O–H groups in total. The second-order valence-electron chi connectivity index (χ2n) is 3.65. The van der Waals surface area contributed by atoms with Crippen molar-refractivity contribution < 1.29 is 19.2 Å². The Bertz CT molecular complexity index is 364. The van der Waals surface area contributed by atoms with Gasteiger partial charge in [0.05, 0.1) is 6.54 Å². The summed E-state index contributed by atoms with van der Waals surface area (Å²) in [6.45, 7) is 2.02. The van der Waals surface area contributed by atoms with E-state index in [1.54, 1.807) is 13.0 Å². The second-order valence-corrected chi connectivity index (χ2v) is 3.65. The topological polar surface area (TPSA) is 104 Å². The molecule has 94 valence electrons. The van der Waals surface area contributed by atoms with Crippen LogP contribution in [0.25, 0.3) is 0 Å². The van der Waals surface area contributed by atoms with Gasteiger partial charge in [0.2, 0.25) is 0 Å². The Hall–Kier alpha value is -2.05. The number of carboxylic acid groups (broad SMARTS) is 1. The molecule has 0 radical (unpaired) electrons. The summed E-state index contributed by atoms with van der Waals surface area (Å²) < 4.78 is 4.61. The molecule has 2 amide bonds. The quantitative estimate of drug-likeness (QED) is 0.681. The molecule has 0 bridgehead atoms. The molecule has 7 heteroatoms. The summed E-state index contributed by atoms with van der Waals surface area (Å²) in [6.07, 6.45) is 1.85. The fourth-order valence-electron chi connectivity index (χ4n) is 1.19. The highest BCUT2D eigenvalue weighted by Gasteiger charge is 2.09. The van der Waals surface area contributed by atoms with Crippen molar-refractivity contribution in [1.82, 2.24) is 15.8 Å². The van der Waals surface area contributed by atoms with Crippen LogP contribution in [0.15, 0.2) is 16.9 Å². The Labute approximate surface area is 98.2 Å². The number of aliphatic carboxylic acids is 1. The number of nitrogens with one attached hydrogen (secondary N) is 2. The number of amides is 2. The van der Waals surface area contributed by atoms with E-state index in [0.29, 0.717) is 12.1 Å². The largest absolute Gasteiger partial charge is 0.481 e. The maximum Gasteiger partial charge on any atom is 0.315 e. The van der Waals surface area contributed by atoms with Crippen LogP contribution in [0.3, 0.4) is 0 Å². The summed E-state index contributed by atoms with van der Waals surface area (Å²) in [6, 6.07) is 1.10. The van der Waals surface area contributed by atoms with Gasteiger partial charge in [-0.05, 0) is 13.3 Å². The van der Waals surface area contributed by atoms with Gasteiger partial charge >= 0.3 is 12.0 Å². The number of nitrogens with zero attached hydrogens (tertiary/aromatic N) is 1. The Morgan fingerprint density at radius 2 is 2.35 bits per heavy atom. The van der Waals surface area contributed by atoms with Gasteiger partial charge in [-0.15, -0.1) is 0 Å². The van der Waals surface area contributed by atoms with E-state index in [0.717, 1.165) is 0 Å². The van der Waals surface area contributed by atoms with Crippen molar-refractivity contribution in [2.24, 2.45) is 0 Å². The molecule has 0 aliphatic carbocycles. The van der Waals surface area contributed by atoms with E-state index < -0.39 is 5.97 Å². The molecule has 0 spiro atoms. The number of rotatable bonds is 6. The first-order valence-corrected chi connectivity index (χ1v) is 5.23. The van der Waals surface area contributed by atoms with E-state index >= 15 is 0 Å². The van der Waals surface area contributed by atoms with Gasteiger partial charge in [0.25, 0.3) is 0 Å². The highest BCUT2D eigenvalue weighted by molar-refractivity contribution is 5.74. The lowest BCUT2D eigenvalue weighted by Crippen LogP contribution is -2.40. The molecule has 0 aromatic carbocycles. The van der Waals surface area contributed by atoms with Crippen molar-refractivity contribution in [2.75, 3.05) is 0 Å². The predicted molar refractivity (Wildman–Crippen MR) is 58.2 cm³/mol. The maximum atomic E-state index is 11.4. The third-order valence-electron chi connectivity index (χ3n) is 2.09. The van der Waals surface area contributed by atoms with Gasteiger partial charge in [0, 0.05) is 18.5 Å². The van der Waals surface area contributed by atoms with Crippen LogP contribution in [0.1, 0.15) is 25.5 Å². The lowest BCUT2D eigenvalue weighted by Gasteiger charge is -2.12. The third kappa shape index (κ3) is 5.55. The van der Waals surface area contributed by atoms with Gasteiger partial charge in [-0.2, -0.15) is 0 Å². The van der Waals surface area contributed by atoms with Gasteiger partial charge in [-0.3, -0.25) is 4.79 Å². The van der Waals surface area contributed by atoms with Crippen LogP contribution in [0.5, 0.6) is 0 Å². The van der Waals surface area contributed by atoms with Crippen LogP contribution in [0.4, 0.5) is 4.79 Å². The SMILES string of the molecule is CC(CCC(=O)O)NC(=O)NCc1ccon1. The molecule has 1 aromatic rings. The maximum absolute atomic E-state index is 11.4. The molecule has 1 unspecified atom stereocenters. The molecular weight excluding hydrogens is 226 g/mol. The fraction of sp³-hybridized carbons (Fsp3) is 0.500. The standard InChI is InChI=1S/C10H15N3O4/c1-7(2-3-9(14)15)12-10(16)11-6-8-4-5-17-13-8/h4-5,7H,2-3,6H2,1H3,(H,14,15)(H2,11,12,16). The summed E-state index contributed by atoms with van der Waals surface area (Å²) >= 11 is 0. The summed E-state index contributed by atoms with van der Waals surface area (Å²) in [5.74, 6) is -0.873. The molecule has 1 rings (SSSR count). The predicted octanol–water partition coefficient (Wildman–Crippen LogP) is 0.727. The average Bonchev–Trinajstić information content (AvgIpc) is 2.76. The van der Waals surface area contributed by atoms with Gasteiger partial charge in [-0.25, -0.2) is 4.79 Å². The van der Waals surface area contributed by atoms with Gasteiger partial charge < -0.3 is 20.3 Å². The van der Waals surface area contributed by atoms with E-state index in [1.165, 1.54) is 6.26 Å². The van der Waals surface area contributed by atoms with Crippen molar-refractivity contribution >= 4 is 12.0 Å². The van der Waals surface area contributed by atoms with Crippen LogP contribution in [-0.2, 0) is 11.3 Å². The Morgan fingerprint density at radius 3 is 2.94 bits per heavy atom. The second kappa shape index (κ2) is 6.51. The van der Waals surface area contributed by atoms with Crippen LogP contribution >= 0.6 is 0 Å². The van der Waals surface area contributed by atoms with Crippen LogP contribution in [0, 0.1) is 0 Å². The highest BCUT2D eigenvalue weighted by Crippen LogP contribution is 1.96. The number of hydrogen-bond acceptors (Lipinski definition) is 4. The Balaban J connectivity index is 2.18. The van der Waals surface area contributed by atoms with Crippen molar-refractivity contribution in [1.29, 1.82) is 0 Å². The molecule has 0 saturated carbocycles. The normalized spacial score (nSPS) is 11.8. The zero-order valence-corrected chi connectivity index (χ0v) is 9.47. The van der Waals surface area contributed by atoms with Gasteiger partial charge in [-0.1, -0.05) is 5.16 Å². The Morgan fingerprint density at radius 1 is 1.59 bits per heavy atom. The van der Waals surface area contributed by atoms with Crippen molar-refractivity contribution in [3.05, 3.63) is 18.0 Å². The summed E-state index contributed by atoms with van der Waals surface area (Å²) in [4.78, 5) is 21.7. The van der Waals surface area contributed by atoms with Crippen molar-refractivity contribution in [2.45, 2.75) is 32.4 Å². The van der Waals surface area contributed by atoms with Crippen molar-refractivity contribution in [3.63, 3.8) is 0 Å². The lowest BCUT2D eigenvalue weighted by atomic mass is 10.2. The minimum absolute atomic E-state index is 0.0325. The molecule has 0 fully saturated rings. The number of carbonyl (C=O) groups excluding carboxylic acids is 1. The van der Waals surface area contributed by atoms with Crippen LogP contribution < -0.4 is 10.6 Å². The van der Waals surface area contributed by atoms with E-state index in [2.05, 4.69) is 20.3 Å². The van der Waals surface area contributed by atoms with E-state index in [9.17, 15) is 9.59 Å². The summed E-state index contributed by atoms with van der Waals surface area (Å²) in [5.41, 5.74) is 0.623. The Kier molecular flexibility index (Phi) is 4.99. The average molecular weight is 241 g/mol.